The van der Waals surface area contributed by atoms with E-state index >= 15 is 0 Å². The van der Waals surface area contributed by atoms with Crippen molar-refractivity contribution in [3.63, 3.8) is 0 Å². The lowest BCUT2D eigenvalue weighted by atomic mass is 9.94. The van der Waals surface area contributed by atoms with Crippen molar-refractivity contribution in [1.82, 2.24) is 4.90 Å². The lowest BCUT2D eigenvalue weighted by molar-refractivity contribution is -0.139. The van der Waals surface area contributed by atoms with E-state index in [4.69, 9.17) is 4.74 Å². The van der Waals surface area contributed by atoms with Gasteiger partial charge in [-0.2, -0.15) is 0 Å². The van der Waals surface area contributed by atoms with Gasteiger partial charge in [0.05, 0.1) is 17.1 Å². The molecule has 26 heavy (non-hydrogen) atoms. The topological polar surface area (TPSA) is 46.6 Å². The van der Waals surface area contributed by atoms with Crippen LogP contribution in [0, 0.1) is 0 Å². The number of carbonyl (C=O) groups is 2. The molecule has 2 aliphatic rings. The highest BCUT2D eigenvalue weighted by Crippen LogP contribution is 2.39. The zero-order valence-electron chi connectivity index (χ0n) is 15.6. The van der Waals surface area contributed by atoms with Crippen molar-refractivity contribution in [2.75, 3.05) is 12.4 Å². The van der Waals surface area contributed by atoms with Gasteiger partial charge in [0.1, 0.15) is 5.75 Å². The van der Waals surface area contributed by atoms with E-state index in [1.54, 1.807) is 0 Å². The molecule has 140 valence electrons. The van der Waals surface area contributed by atoms with Crippen LogP contribution in [0.2, 0.25) is 0 Å². The Bertz CT molecular complexity index is 690. The summed E-state index contributed by atoms with van der Waals surface area (Å²) in [6.45, 7) is 4.75. The molecule has 3 rings (SSSR count). The minimum Gasteiger partial charge on any atom is -0.494 e. The van der Waals surface area contributed by atoms with Crippen molar-refractivity contribution in [2.45, 2.75) is 58.4 Å². The Labute approximate surface area is 160 Å². The standard InChI is InChI=1S/C21H27NO3S/c1-3-14-25-17-12-10-15(11-13-17)18-19(26-4-2)21(24)22(20(18)23)16-8-6-5-7-9-16/h10-13,16H,3-9,14H2,1-2H3. The second-order valence-electron chi connectivity index (χ2n) is 6.78. The molecular weight excluding hydrogens is 346 g/mol. The summed E-state index contributed by atoms with van der Waals surface area (Å²) < 4.78 is 5.63. The van der Waals surface area contributed by atoms with Crippen LogP contribution < -0.4 is 4.74 Å². The Balaban J connectivity index is 1.89. The van der Waals surface area contributed by atoms with Gasteiger partial charge >= 0.3 is 0 Å². The molecule has 0 spiro atoms. The quantitative estimate of drug-likeness (QED) is 0.653. The molecule has 0 saturated heterocycles. The number of nitrogens with zero attached hydrogens (tertiary/aromatic N) is 1. The maximum Gasteiger partial charge on any atom is 0.268 e. The number of hydrogen-bond acceptors (Lipinski definition) is 4. The van der Waals surface area contributed by atoms with E-state index in [1.807, 2.05) is 31.2 Å². The largest absolute Gasteiger partial charge is 0.494 e. The third-order valence-electron chi connectivity index (χ3n) is 4.92. The fourth-order valence-electron chi connectivity index (χ4n) is 3.67. The second-order valence-corrected chi connectivity index (χ2v) is 8.06. The van der Waals surface area contributed by atoms with Crippen molar-refractivity contribution in [1.29, 1.82) is 0 Å². The normalized spacial score (nSPS) is 18.8. The summed E-state index contributed by atoms with van der Waals surface area (Å²) in [6.07, 6.45) is 6.20. The first-order valence-electron chi connectivity index (χ1n) is 9.65. The lowest BCUT2D eigenvalue weighted by Crippen LogP contribution is -2.42. The Hall–Kier alpha value is -1.75. The second kappa shape index (κ2) is 8.76. The van der Waals surface area contributed by atoms with E-state index in [0.29, 0.717) is 17.1 Å². The number of imide groups is 1. The van der Waals surface area contributed by atoms with Crippen LogP contribution >= 0.6 is 11.8 Å². The van der Waals surface area contributed by atoms with Crippen LogP contribution in [0.1, 0.15) is 57.9 Å². The average molecular weight is 374 g/mol. The van der Waals surface area contributed by atoms with Crippen LogP contribution in [0.3, 0.4) is 0 Å². The molecule has 2 amide bonds. The molecule has 5 heteroatoms. The molecule has 0 radical (unpaired) electrons. The summed E-state index contributed by atoms with van der Waals surface area (Å²) in [5.41, 5.74) is 1.37. The number of rotatable bonds is 7. The molecule has 0 N–H and O–H groups in total. The van der Waals surface area contributed by atoms with Crippen molar-refractivity contribution in [3.05, 3.63) is 34.7 Å². The molecular formula is C21H27NO3S. The number of carbonyl (C=O) groups excluding carboxylic acids is 2. The van der Waals surface area contributed by atoms with E-state index < -0.39 is 0 Å². The molecule has 0 unspecified atom stereocenters. The zero-order valence-corrected chi connectivity index (χ0v) is 16.4. The fraction of sp³-hybridized carbons (Fsp3) is 0.524. The average Bonchev–Trinajstić information content (AvgIpc) is 2.91. The molecule has 1 aromatic carbocycles. The molecule has 1 heterocycles. The first kappa shape index (κ1) is 19.0. The van der Waals surface area contributed by atoms with Gasteiger partial charge in [0, 0.05) is 6.04 Å². The molecule has 0 bridgehead atoms. The minimum absolute atomic E-state index is 0.0564. The van der Waals surface area contributed by atoms with Crippen molar-refractivity contribution in [2.24, 2.45) is 0 Å². The van der Waals surface area contributed by atoms with Gasteiger partial charge in [-0.3, -0.25) is 14.5 Å². The highest BCUT2D eigenvalue weighted by molar-refractivity contribution is 8.04. The van der Waals surface area contributed by atoms with Gasteiger partial charge in [-0.25, -0.2) is 0 Å². The van der Waals surface area contributed by atoms with Crippen LogP contribution in [0.4, 0.5) is 0 Å². The van der Waals surface area contributed by atoms with Gasteiger partial charge in [0.25, 0.3) is 11.8 Å². The predicted octanol–water partition coefficient (Wildman–Crippen LogP) is 4.64. The van der Waals surface area contributed by atoms with Gasteiger partial charge in [-0.15, -0.1) is 11.8 Å². The molecule has 1 aliphatic carbocycles. The third-order valence-corrected chi connectivity index (χ3v) is 5.87. The van der Waals surface area contributed by atoms with Crippen molar-refractivity contribution < 1.29 is 14.3 Å². The maximum atomic E-state index is 13.2. The summed E-state index contributed by atoms with van der Waals surface area (Å²) in [5.74, 6) is 1.34. The molecule has 1 saturated carbocycles. The van der Waals surface area contributed by atoms with E-state index in [9.17, 15) is 9.59 Å². The lowest BCUT2D eigenvalue weighted by Gasteiger charge is -2.29. The third kappa shape index (κ3) is 3.83. The van der Waals surface area contributed by atoms with Gasteiger partial charge < -0.3 is 4.74 Å². The fourth-order valence-corrected chi connectivity index (χ4v) is 4.53. The number of hydrogen-bond donors (Lipinski definition) is 0. The Morgan fingerprint density at radius 1 is 1.04 bits per heavy atom. The molecule has 1 aromatic rings. The molecule has 0 atom stereocenters. The van der Waals surface area contributed by atoms with Crippen LogP contribution in [-0.2, 0) is 9.59 Å². The molecule has 4 nitrogen and oxygen atoms in total. The maximum absolute atomic E-state index is 13.2. The van der Waals surface area contributed by atoms with E-state index in [0.717, 1.165) is 49.2 Å². The Morgan fingerprint density at radius 3 is 2.35 bits per heavy atom. The summed E-state index contributed by atoms with van der Waals surface area (Å²) in [7, 11) is 0. The van der Waals surface area contributed by atoms with E-state index in [-0.39, 0.29) is 17.9 Å². The van der Waals surface area contributed by atoms with Gasteiger partial charge in [0.15, 0.2) is 0 Å². The van der Waals surface area contributed by atoms with Crippen molar-refractivity contribution in [3.8, 4) is 5.75 Å². The van der Waals surface area contributed by atoms with Crippen LogP contribution in [-0.4, -0.2) is 35.1 Å². The predicted molar refractivity (Wildman–Crippen MR) is 106 cm³/mol. The zero-order chi connectivity index (χ0) is 18.5. The molecule has 1 fully saturated rings. The number of thioether (sulfide) groups is 1. The minimum atomic E-state index is -0.125. The Morgan fingerprint density at radius 2 is 1.73 bits per heavy atom. The first-order chi connectivity index (χ1) is 12.7. The summed E-state index contributed by atoms with van der Waals surface area (Å²) in [4.78, 5) is 28.3. The SMILES string of the molecule is CCCOc1ccc(C2=C(SCC)C(=O)N(C3CCCCC3)C2=O)cc1. The van der Waals surface area contributed by atoms with Crippen molar-refractivity contribution >= 4 is 29.1 Å². The van der Waals surface area contributed by atoms with Gasteiger partial charge in [0.2, 0.25) is 0 Å². The summed E-state index contributed by atoms with van der Waals surface area (Å²) in [5, 5.41) is 0. The summed E-state index contributed by atoms with van der Waals surface area (Å²) >= 11 is 1.48. The smallest absolute Gasteiger partial charge is 0.268 e. The molecule has 1 aliphatic heterocycles. The van der Waals surface area contributed by atoms with E-state index in [2.05, 4.69) is 6.92 Å². The van der Waals surface area contributed by atoms with Gasteiger partial charge in [-0.1, -0.05) is 45.2 Å². The van der Waals surface area contributed by atoms with Crippen LogP contribution in [0.25, 0.3) is 5.57 Å². The number of amides is 2. The Kier molecular flexibility index (Phi) is 6.41. The highest BCUT2D eigenvalue weighted by Gasteiger charge is 2.42. The van der Waals surface area contributed by atoms with Crippen LogP contribution in [0.15, 0.2) is 29.2 Å². The van der Waals surface area contributed by atoms with E-state index in [1.165, 1.54) is 23.1 Å². The number of benzene rings is 1. The highest BCUT2D eigenvalue weighted by atomic mass is 32.2. The molecule has 0 aromatic heterocycles. The first-order valence-corrected chi connectivity index (χ1v) is 10.6. The number of ether oxygens (including phenoxy) is 1. The van der Waals surface area contributed by atoms with Crippen LogP contribution in [0.5, 0.6) is 5.75 Å². The monoisotopic (exact) mass is 373 g/mol. The van der Waals surface area contributed by atoms with Gasteiger partial charge in [-0.05, 0) is 42.7 Å². The summed E-state index contributed by atoms with van der Waals surface area (Å²) in [6, 6.07) is 7.61.